The number of likely N-dealkylation sites (tertiary alicyclic amines) is 1. The molecule has 1 amide bonds. The number of carbonyl (C=O) groups excluding carboxylic acids is 1. The van der Waals surface area contributed by atoms with E-state index in [1.54, 1.807) is 0 Å². The monoisotopic (exact) mass is 289 g/mol. The van der Waals surface area contributed by atoms with Crippen LogP contribution in [0.5, 0.6) is 0 Å². The van der Waals surface area contributed by atoms with Gasteiger partial charge in [0, 0.05) is 31.8 Å². The van der Waals surface area contributed by atoms with Gasteiger partial charge in [-0.3, -0.25) is 9.48 Å². The van der Waals surface area contributed by atoms with Crippen molar-refractivity contribution in [3.8, 4) is 0 Å². The van der Waals surface area contributed by atoms with E-state index in [9.17, 15) is 4.79 Å². The fourth-order valence-electron chi connectivity index (χ4n) is 3.97. The number of amides is 1. The molecule has 1 saturated carbocycles. The predicted molar refractivity (Wildman–Crippen MR) is 82.7 cm³/mol. The molecule has 2 aliphatic rings. The summed E-state index contributed by atoms with van der Waals surface area (Å²) in [5.41, 5.74) is 1.20. The zero-order valence-corrected chi connectivity index (χ0v) is 13.1. The Balaban J connectivity index is 1.55. The normalized spacial score (nSPS) is 23.7. The first kappa shape index (κ1) is 14.6. The van der Waals surface area contributed by atoms with Gasteiger partial charge in [0.05, 0.1) is 12.2 Å². The van der Waals surface area contributed by atoms with Gasteiger partial charge in [0.15, 0.2) is 0 Å². The van der Waals surface area contributed by atoms with Gasteiger partial charge in [0.2, 0.25) is 5.91 Å². The van der Waals surface area contributed by atoms with E-state index in [4.69, 9.17) is 0 Å². The summed E-state index contributed by atoms with van der Waals surface area (Å²) in [6.07, 6.45) is 14.8. The Morgan fingerprint density at radius 1 is 1.24 bits per heavy atom. The Morgan fingerprint density at radius 3 is 2.76 bits per heavy atom. The first-order valence-corrected chi connectivity index (χ1v) is 8.52. The van der Waals surface area contributed by atoms with Crippen LogP contribution in [0.1, 0.15) is 69.4 Å². The molecule has 0 unspecified atom stereocenters. The Bertz CT molecular complexity index is 476. The van der Waals surface area contributed by atoms with Crippen LogP contribution < -0.4 is 0 Å². The van der Waals surface area contributed by atoms with Crippen molar-refractivity contribution in [1.29, 1.82) is 0 Å². The first-order valence-electron chi connectivity index (χ1n) is 8.52. The van der Waals surface area contributed by atoms with Gasteiger partial charge in [0.1, 0.15) is 0 Å². The molecular formula is C17H27N3O. The lowest BCUT2D eigenvalue weighted by Gasteiger charge is -2.26. The molecule has 1 atom stereocenters. The fraction of sp³-hybridized carbons (Fsp3) is 0.765. The molecule has 0 spiro atoms. The Kier molecular flexibility index (Phi) is 4.61. The minimum absolute atomic E-state index is 0.262. The van der Waals surface area contributed by atoms with Crippen LogP contribution in [0.15, 0.2) is 12.4 Å². The SMILES string of the molecule is Cn1cc([C@@H]2CCCN2C(=O)CCC2CCCCC2)cn1. The molecule has 116 valence electrons. The van der Waals surface area contributed by atoms with Crippen molar-refractivity contribution in [2.75, 3.05) is 6.54 Å². The molecule has 0 bridgehead atoms. The summed E-state index contributed by atoms with van der Waals surface area (Å²) >= 11 is 0. The van der Waals surface area contributed by atoms with Crippen molar-refractivity contribution in [2.24, 2.45) is 13.0 Å². The average Bonchev–Trinajstić information content (AvgIpc) is 3.14. The lowest BCUT2D eigenvalue weighted by Crippen LogP contribution is -2.30. The lowest BCUT2D eigenvalue weighted by atomic mass is 9.86. The number of aromatic nitrogens is 2. The molecule has 1 aliphatic heterocycles. The molecule has 0 N–H and O–H groups in total. The molecule has 0 radical (unpaired) electrons. The minimum atomic E-state index is 0.262. The predicted octanol–water partition coefficient (Wildman–Crippen LogP) is 3.44. The summed E-state index contributed by atoms with van der Waals surface area (Å²) in [5.74, 6) is 1.15. The van der Waals surface area contributed by atoms with Crippen LogP contribution in [0.2, 0.25) is 0 Å². The topological polar surface area (TPSA) is 38.1 Å². The second-order valence-corrected chi connectivity index (χ2v) is 6.74. The number of nitrogens with zero attached hydrogens (tertiary/aromatic N) is 3. The smallest absolute Gasteiger partial charge is 0.223 e. The summed E-state index contributed by atoms with van der Waals surface area (Å²) in [7, 11) is 1.94. The Morgan fingerprint density at radius 2 is 2.05 bits per heavy atom. The van der Waals surface area contributed by atoms with Crippen molar-refractivity contribution in [3.63, 3.8) is 0 Å². The van der Waals surface area contributed by atoms with Crippen molar-refractivity contribution in [1.82, 2.24) is 14.7 Å². The third-order valence-corrected chi connectivity index (χ3v) is 5.17. The van der Waals surface area contributed by atoms with Crippen LogP contribution in [-0.4, -0.2) is 27.1 Å². The first-order chi connectivity index (χ1) is 10.2. The molecule has 1 aromatic rings. The lowest BCUT2D eigenvalue weighted by molar-refractivity contribution is -0.132. The second kappa shape index (κ2) is 6.63. The maximum Gasteiger partial charge on any atom is 0.223 e. The highest BCUT2D eigenvalue weighted by molar-refractivity contribution is 5.77. The number of rotatable bonds is 4. The highest BCUT2D eigenvalue weighted by Crippen LogP contribution is 2.33. The molecule has 1 saturated heterocycles. The average molecular weight is 289 g/mol. The van der Waals surface area contributed by atoms with Gasteiger partial charge < -0.3 is 4.90 Å². The van der Waals surface area contributed by atoms with E-state index < -0.39 is 0 Å². The third-order valence-electron chi connectivity index (χ3n) is 5.17. The summed E-state index contributed by atoms with van der Waals surface area (Å²) < 4.78 is 1.83. The summed E-state index contributed by atoms with van der Waals surface area (Å²) in [4.78, 5) is 14.7. The molecule has 1 aliphatic carbocycles. The quantitative estimate of drug-likeness (QED) is 0.851. The number of hydrogen-bond donors (Lipinski definition) is 0. The van der Waals surface area contributed by atoms with Gasteiger partial charge in [-0.25, -0.2) is 0 Å². The Hall–Kier alpha value is -1.32. The van der Waals surface area contributed by atoms with Crippen molar-refractivity contribution >= 4 is 5.91 Å². The minimum Gasteiger partial charge on any atom is -0.336 e. The van der Waals surface area contributed by atoms with Crippen LogP contribution in [0.4, 0.5) is 0 Å². The summed E-state index contributed by atoms with van der Waals surface area (Å²) in [5, 5.41) is 4.25. The number of carbonyl (C=O) groups is 1. The van der Waals surface area contributed by atoms with Crippen LogP contribution in [0.3, 0.4) is 0 Å². The zero-order valence-electron chi connectivity index (χ0n) is 13.1. The highest BCUT2D eigenvalue weighted by atomic mass is 16.2. The molecule has 2 heterocycles. The van der Waals surface area contributed by atoms with Crippen LogP contribution in [0, 0.1) is 5.92 Å². The van der Waals surface area contributed by atoms with E-state index in [0.717, 1.165) is 38.1 Å². The maximum atomic E-state index is 12.6. The van der Waals surface area contributed by atoms with E-state index in [1.807, 2.05) is 17.9 Å². The Labute approximate surface area is 127 Å². The van der Waals surface area contributed by atoms with Crippen molar-refractivity contribution < 1.29 is 4.79 Å². The summed E-state index contributed by atoms with van der Waals surface area (Å²) in [6.45, 7) is 0.920. The molecular weight excluding hydrogens is 262 g/mol. The molecule has 4 nitrogen and oxygen atoms in total. The van der Waals surface area contributed by atoms with E-state index in [1.165, 1.54) is 37.7 Å². The van der Waals surface area contributed by atoms with Gasteiger partial charge >= 0.3 is 0 Å². The molecule has 2 fully saturated rings. The van der Waals surface area contributed by atoms with Crippen LogP contribution in [0.25, 0.3) is 0 Å². The third kappa shape index (κ3) is 3.47. The standard InChI is InChI=1S/C17H27N3O/c1-19-13-15(12-18-19)16-8-5-11-20(16)17(21)10-9-14-6-3-2-4-7-14/h12-14,16H,2-11H2,1H3/t16-/m0/s1. The number of hydrogen-bond acceptors (Lipinski definition) is 2. The van der Waals surface area contributed by atoms with E-state index in [-0.39, 0.29) is 6.04 Å². The van der Waals surface area contributed by atoms with E-state index in [0.29, 0.717) is 5.91 Å². The van der Waals surface area contributed by atoms with Gasteiger partial charge in [-0.05, 0) is 25.2 Å². The fourth-order valence-corrected chi connectivity index (χ4v) is 3.97. The van der Waals surface area contributed by atoms with E-state index in [2.05, 4.69) is 16.2 Å². The van der Waals surface area contributed by atoms with Gasteiger partial charge in [-0.1, -0.05) is 32.1 Å². The van der Waals surface area contributed by atoms with Gasteiger partial charge in [-0.2, -0.15) is 5.10 Å². The van der Waals surface area contributed by atoms with Crippen LogP contribution >= 0.6 is 0 Å². The van der Waals surface area contributed by atoms with Crippen molar-refractivity contribution in [2.45, 2.75) is 63.8 Å². The van der Waals surface area contributed by atoms with Crippen LogP contribution in [-0.2, 0) is 11.8 Å². The molecule has 21 heavy (non-hydrogen) atoms. The van der Waals surface area contributed by atoms with E-state index >= 15 is 0 Å². The number of aryl methyl sites for hydroxylation is 1. The van der Waals surface area contributed by atoms with Gasteiger partial charge in [0.25, 0.3) is 0 Å². The van der Waals surface area contributed by atoms with Gasteiger partial charge in [-0.15, -0.1) is 0 Å². The molecule has 4 heteroatoms. The summed E-state index contributed by atoms with van der Waals surface area (Å²) in [6, 6.07) is 0.262. The largest absolute Gasteiger partial charge is 0.336 e. The zero-order chi connectivity index (χ0) is 14.7. The molecule has 1 aromatic heterocycles. The maximum absolute atomic E-state index is 12.6. The molecule has 3 rings (SSSR count). The van der Waals surface area contributed by atoms with Crippen molar-refractivity contribution in [3.05, 3.63) is 18.0 Å². The second-order valence-electron chi connectivity index (χ2n) is 6.74. The molecule has 0 aromatic carbocycles. The highest BCUT2D eigenvalue weighted by Gasteiger charge is 2.30.